The van der Waals surface area contributed by atoms with Gasteiger partial charge in [0, 0.05) is 18.3 Å². The second-order valence-corrected chi connectivity index (χ2v) is 8.44. The van der Waals surface area contributed by atoms with Crippen LogP contribution in [0.3, 0.4) is 0 Å². The molecule has 0 spiro atoms. The molecular formula is C16H25NO2S. The molecule has 0 bridgehead atoms. The van der Waals surface area contributed by atoms with Crippen LogP contribution in [-0.4, -0.2) is 26.0 Å². The van der Waals surface area contributed by atoms with Gasteiger partial charge in [-0.1, -0.05) is 36.2 Å². The third-order valence-corrected chi connectivity index (χ3v) is 5.93. The summed E-state index contributed by atoms with van der Waals surface area (Å²) in [7, 11) is -2.90. The maximum Gasteiger partial charge on any atom is 0.150 e. The molecule has 0 radical (unpaired) electrons. The molecular weight excluding hydrogens is 270 g/mol. The highest BCUT2D eigenvalue weighted by Crippen LogP contribution is 2.26. The number of aryl methyl sites for hydroxylation is 1. The Morgan fingerprint density at radius 3 is 2.45 bits per heavy atom. The monoisotopic (exact) mass is 295 g/mol. The second kappa shape index (κ2) is 6.27. The summed E-state index contributed by atoms with van der Waals surface area (Å²) in [5, 5.41) is 3.42. The quantitative estimate of drug-likeness (QED) is 0.929. The van der Waals surface area contributed by atoms with Gasteiger partial charge in [-0.3, -0.25) is 0 Å². The van der Waals surface area contributed by atoms with E-state index in [4.69, 9.17) is 0 Å². The van der Waals surface area contributed by atoms with Gasteiger partial charge in [0.05, 0.1) is 5.25 Å². The van der Waals surface area contributed by atoms with E-state index in [1.165, 1.54) is 17.4 Å². The summed E-state index contributed by atoms with van der Waals surface area (Å²) >= 11 is 0. The Bertz CT molecular complexity index is 536. The summed E-state index contributed by atoms with van der Waals surface area (Å²) in [5.74, 6) is 0. The molecule has 1 N–H and O–H groups in total. The Morgan fingerprint density at radius 1 is 1.20 bits per heavy atom. The van der Waals surface area contributed by atoms with Crippen molar-refractivity contribution in [2.24, 2.45) is 0 Å². The molecule has 1 fully saturated rings. The molecule has 4 heteroatoms. The number of hydrogen-bond donors (Lipinski definition) is 1. The number of benzene rings is 1. The average Bonchev–Trinajstić information content (AvgIpc) is 2.38. The molecule has 0 aliphatic heterocycles. The van der Waals surface area contributed by atoms with Crippen LogP contribution in [-0.2, 0) is 9.84 Å². The lowest BCUT2D eigenvalue weighted by atomic mass is 9.93. The first kappa shape index (κ1) is 15.5. The van der Waals surface area contributed by atoms with E-state index in [0.717, 1.165) is 25.7 Å². The molecule has 3 nitrogen and oxygen atoms in total. The van der Waals surface area contributed by atoms with Crippen LogP contribution in [0.15, 0.2) is 24.3 Å². The first-order valence-electron chi connectivity index (χ1n) is 7.38. The van der Waals surface area contributed by atoms with Crippen molar-refractivity contribution in [1.29, 1.82) is 0 Å². The highest BCUT2D eigenvalue weighted by atomic mass is 32.2. The predicted octanol–water partition coefficient (Wildman–Crippen LogP) is 3.00. The van der Waals surface area contributed by atoms with Crippen LogP contribution in [0.1, 0.15) is 49.8 Å². The second-order valence-electron chi connectivity index (χ2n) is 6.11. The van der Waals surface area contributed by atoms with Crippen molar-refractivity contribution < 1.29 is 8.42 Å². The fraction of sp³-hybridized carbons (Fsp3) is 0.625. The van der Waals surface area contributed by atoms with Gasteiger partial charge in [0.1, 0.15) is 9.84 Å². The average molecular weight is 295 g/mol. The van der Waals surface area contributed by atoms with Gasteiger partial charge < -0.3 is 5.32 Å². The van der Waals surface area contributed by atoms with Crippen LogP contribution in [0.2, 0.25) is 0 Å². The van der Waals surface area contributed by atoms with E-state index in [-0.39, 0.29) is 11.3 Å². The van der Waals surface area contributed by atoms with E-state index in [0.29, 0.717) is 6.04 Å². The predicted molar refractivity (Wildman–Crippen MR) is 83.6 cm³/mol. The summed E-state index contributed by atoms with van der Waals surface area (Å²) in [6.07, 6.45) is 4.99. The van der Waals surface area contributed by atoms with Gasteiger partial charge in [0.2, 0.25) is 0 Å². The summed E-state index contributed by atoms with van der Waals surface area (Å²) in [5.41, 5.74) is 2.52. The van der Waals surface area contributed by atoms with Crippen LogP contribution in [0.5, 0.6) is 0 Å². The molecule has 20 heavy (non-hydrogen) atoms. The van der Waals surface area contributed by atoms with Crippen LogP contribution in [0.25, 0.3) is 0 Å². The molecule has 1 aromatic carbocycles. The minimum Gasteiger partial charge on any atom is -0.307 e. The van der Waals surface area contributed by atoms with E-state index in [9.17, 15) is 8.42 Å². The van der Waals surface area contributed by atoms with E-state index in [2.05, 4.69) is 43.4 Å². The molecule has 1 aromatic rings. The molecule has 112 valence electrons. The molecule has 1 saturated carbocycles. The van der Waals surface area contributed by atoms with Crippen LogP contribution in [0.4, 0.5) is 0 Å². The molecule has 3 atom stereocenters. The topological polar surface area (TPSA) is 46.2 Å². The first-order valence-corrected chi connectivity index (χ1v) is 9.33. The third-order valence-electron chi connectivity index (χ3n) is 4.29. The smallest absolute Gasteiger partial charge is 0.150 e. The molecule has 0 heterocycles. The van der Waals surface area contributed by atoms with Crippen molar-refractivity contribution in [3.8, 4) is 0 Å². The van der Waals surface area contributed by atoms with Gasteiger partial charge in [-0.2, -0.15) is 0 Å². The molecule has 2 unspecified atom stereocenters. The summed E-state index contributed by atoms with van der Waals surface area (Å²) in [6, 6.07) is 9.09. The van der Waals surface area contributed by atoms with Gasteiger partial charge in [-0.15, -0.1) is 0 Å². The molecule has 1 aliphatic rings. The van der Waals surface area contributed by atoms with E-state index < -0.39 is 9.84 Å². The highest BCUT2D eigenvalue weighted by Gasteiger charge is 2.29. The van der Waals surface area contributed by atoms with Crippen LogP contribution < -0.4 is 5.32 Å². The van der Waals surface area contributed by atoms with E-state index >= 15 is 0 Å². The van der Waals surface area contributed by atoms with Gasteiger partial charge in [-0.25, -0.2) is 8.42 Å². The molecule has 2 rings (SSSR count). The Morgan fingerprint density at radius 2 is 1.85 bits per heavy atom. The van der Waals surface area contributed by atoms with E-state index in [1.54, 1.807) is 0 Å². The Balaban J connectivity index is 1.97. The molecule has 1 aliphatic carbocycles. The normalized spacial score (nSPS) is 25.4. The number of nitrogens with one attached hydrogen (secondary N) is 1. The van der Waals surface area contributed by atoms with Crippen molar-refractivity contribution in [2.75, 3.05) is 6.26 Å². The van der Waals surface area contributed by atoms with Crippen molar-refractivity contribution in [3.63, 3.8) is 0 Å². The van der Waals surface area contributed by atoms with Crippen molar-refractivity contribution >= 4 is 9.84 Å². The zero-order valence-electron chi connectivity index (χ0n) is 12.6. The standard InChI is InChI=1S/C16H25NO2S/c1-12-7-9-14(10-8-12)13(2)17-15-5-4-6-16(11-15)20(3,18)19/h7-10,13,15-17H,4-6,11H2,1-3H3/t13-,15?,16?/m1/s1. The van der Waals surface area contributed by atoms with Gasteiger partial charge >= 0.3 is 0 Å². The Kier molecular flexibility index (Phi) is 4.86. The largest absolute Gasteiger partial charge is 0.307 e. The van der Waals surface area contributed by atoms with Crippen LogP contribution >= 0.6 is 0 Å². The lowest BCUT2D eigenvalue weighted by Crippen LogP contribution is -2.39. The van der Waals surface area contributed by atoms with Gasteiger partial charge in [0.25, 0.3) is 0 Å². The lowest BCUT2D eigenvalue weighted by molar-refractivity contribution is 0.346. The summed E-state index contributed by atoms with van der Waals surface area (Å²) < 4.78 is 23.4. The summed E-state index contributed by atoms with van der Waals surface area (Å²) in [4.78, 5) is 0. The van der Waals surface area contributed by atoms with E-state index in [1.807, 2.05) is 0 Å². The zero-order valence-corrected chi connectivity index (χ0v) is 13.4. The van der Waals surface area contributed by atoms with Gasteiger partial charge in [0.15, 0.2) is 0 Å². The fourth-order valence-corrected chi connectivity index (χ4v) is 4.17. The van der Waals surface area contributed by atoms with Gasteiger partial charge in [-0.05, 0) is 38.7 Å². The van der Waals surface area contributed by atoms with Crippen molar-refractivity contribution in [2.45, 2.75) is 56.9 Å². The number of sulfone groups is 1. The first-order chi connectivity index (χ1) is 9.36. The third kappa shape index (κ3) is 4.06. The minimum absolute atomic E-state index is 0.168. The fourth-order valence-electron chi connectivity index (χ4n) is 2.99. The SMILES string of the molecule is Cc1ccc([C@@H](C)NC2CCCC(S(C)(=O)=O)C2)cc1. The maximum atomic E-state index is 11.7. The molecule has 0 amide bonds. The number of rotatable bonds is 4. The number of hydrogen-bond acceptors (Lipinski definition) is 3. The Labute approximate surface area is 122 Å². The van der Waals surface area contributed by atoms with Crippen molar-refractivity contribution in [3.05, 3.63) is 35.4 Å². The highest BCUT2D eigenvalue weighted by molar-refractivity contribution is 7.91. The van der Waals surface area contributed by atoms with Crippen molar-refractivity contribution in [1.82, 2.24) is 5.32 Å². The zero-order chi connectivity index (χ0) is 14.8. The minimum atomic E-state index is -2.90. The van der Waals surface area contributed by atoms with Crippen LogP contribution in [0, 0.1) is 6.92 Å². The maximum absolute atomic E-state index is 11.7. The molecule has 0 aromatic heterocycles. The Hall–Kier alpha value is -0.870. The summed E-state index contributed by atoms with van der Waals surface area (Å²) in [6.45, 7) is 4.23. The lowest BCUT2D eigenvalue weighted by Gasteiger charge is -2.31. The molecule has 0 saturated heterocycles.